The zero-order valence-electron chi connectivity index (χ0n) is 11.2. The van der Waals surface area contributed by atoms with Crippen LogP contribution in [0.1, 0.15) is 15.9 Å². The van der Waals surface area contributed by atoms with Crippen LogP contribution < -0.4 is 15.8 Å². The average Bonchev–Trinajstić information content (AvgIpc) is 2.42. The monoisotopic (exact) mass is 334 g/mol. The fraction of sp³-hybridized carbons (Fsp3) is 0.133. The normalized spacial score (nSPS) is 10.2. The lowest BCUT2D eigenvalue weighted by Gasteiger charge is -2.13. The van der Waals surface area contributed by atoms with Crippen molar-refractivity contribution in [2.45, 2.75) is 6.92 Å². The molecule has 0 saturated heterocycles. The van der Waals surface area contributed by atoms with Gasteiger partial charge in [-0.25, -0.2) is 0 Å². The van der Waals surface area contributed by atoms with Crippen LogP contribution in [-0.4, -0.2) is 13.0 Å². The highest BCUT2D eigenvalue weighted by molar-refractivity contribution is 9.10. The van der Waals surface area contributed by atoms with E-state index in [1.807, 2.05) is 19.1 Å². The number of ether oxygens (including phenoxy) is 1. The van der Waals surface area contributed by atoms with Crippen molar-refractivity contribution < 1.29 is 9.53 Å². The minimum atomic E-state index is -0.226. The summed E-state index contributed by atoms with van der Waals surface area (Å²) in [6.07, 6.45) is 0. The van der Waals surface area contributed by atoms with Crippen molar-refractivity contribution in [2.24, 2.45) is 0 Å². The van der Waals surface area contributed by atoms with Crippen molar-refractivity contribution in [3.05, 3.63) is 52.0 Å². The SMILES string of the molecule is COc1ccccc1C(=O)Nc1c(C)cc(N)cc1Br. The molecule has 0 aliphatic carbocycles. The summed E-state index contributed by atoms with van der Waals surface area (Å²) in [4.78, 5) is 12.3. The Morgan fingerprint density at radius 1 is 1.30 bits per heavy atom. The number of carbonyl (C=O) groups is 1. The van der Waals surface area contributed by atoms with Crippen LogP contribution in [0.25, 0.3) is 0 Å². The van der Waals surface area contributed by atoms with E-state index < -0.39 is 0 Å². The molecule has 2 rings (SSSR count). The van der Waals surface area contributed by atoms with E-state index in [0.717, 1.165) is 10.0 Å². The molecule has 5 heteroatoms. The molecule has 0 saturated carbocycles. The topological polar surface area (TPSA) is 64.3 Å². The molecule has 0 aliphatic rings. The predicted octanol–water partition coefficient (Wildman–Crippen LogP) is 3.60. The molecule has 0 spiro atoms. The molecule has 0 unspecified atom stereocenters. The Morgan fingerprint density at radius 3 is 2.65 bits per heavy atom. The van der Waals surface area contributed by atoms with E-state index in [1.165, 1.54) is 7.11 Å². The number of hydrogen-bond acceptors (Lipinski definition) is 3. The van der Waals surface area contributed by atoms with E-state index in [4.69, 9.17) is 10.5 Å². The van der Waals surface area contributed by atoms with Crippen molar-refractivity contribution in [1.82, 2.24) is 0 Å². The van der Waals surface area contributed by atoms with Crippen molar-refractivity contribution >= 4 is 33.2 Å². The zero-order valence-corrected chi connectivity index (χ0v) is 12.8. The number of nitrogens with one attached hydrogen (secondary N) is 1. The lowest BCUT2D eigenvalue weighted by Crippen LogP contribution is -2.14. The van der Waals surface area contributed by atoms with E-state index in [1.54, 1.807) is 24.3 Å². The number of benzene rings is 2. The molecule has 0 fully saturated rings. The highest BCUT2D eigenvalue weighted by Crippen LogP contribution is 2.30. The maximum atomic E-state index is 12.3. The first-order valence-electron chi connectivity index (χ1n) is 6.03. The third-order valence-electron chi connectivity index (χ3n) is 2.90. The van der Waals surface area contributed by atoms with Gasteiger partial charge in [0.25, 0.3) is 5.91 Å². The molecule has 0 aliphatic heterocycles. The summed E-state index contributed by atoms with van der Waals surface area (Å²) in [6.45, 7) is 1.89. The molecule has 20 heavy (non-hydrogen) atoms. The molecule has 0 bridgehead atoms. The summed E-state index contributed by atoms with van der Waals surface area (Å²) in [6, 6.07) is 10.6. The van der Waals surface area contributed by atoms with Gasteiger partial charge in [-0.2, -0.15) is 0 Å². The fourth-order valence-corrected chi connectivity index (χ4v) is 2.62. The highest BCUT2D eigenvalue weighted by atomic mass is 79.9. The Bertz CT molecular complexity index is 633. The number of aryl methyl sites for hydroxylation is 1. The second kappa shape index (κ2) is 5.96. The van der Waals surface area contributed by atoms with E-state index in [-0.39, 0.29) is 5.91 Å². The average molecular weight is 335 g/mol. The van der Waals surface area contributed by atoms with Crippen LogP contribution in [0.5, 0.6) is 5.75 Å². The molecule has 104 valence electrons. The van der Waals surface area contributed by atoms with E-state index in [0.29, 0.717) is 22.7 Å². The number of hydrogen-bond donors (Lipinski definition) is 2. The molecule has 0 atom stereocenters. The Hall–Kier alpha value is -2.01. The van der Waals surface area contributed by atoms with E-state index >= 15 is 0 Å². The van der Waals surface area contributed by atoms with E-state index in [9.17, 15) is 4.79 Å². The number of nitrogen functional groups attached to an aromatic ring is 1. The quantitative estimate of drug-likeness (QED) is 0.843. The van der Waals surface area contributed by atoms with Gasteiger partial charge in [0.15, 0.2) is 0 Å². The Balaban J connectivity index is 2.33. The third kappa shape index (κ3) is 2.93. The van der Waals surface area contributed by atoms with Crippen LogP contribution in [-0.2, 0) is 0 Å². The van der Waals surface area contributed by atoms with Gasteiger partial charge in [-0.05, 0) is 52.7 Å². The van der Waals surface area contributed by atoms with Gasteiger partial charge in [-0.3, -0.25) is 4.79 Å². The molecule has 0 radical (unpaired) electrons. The van der Waals surface area contributed by atoms with Crippen molar-refractivity contribution in [2.75, 3.05) is 18.2 Å². The van der Waals surface area contributed by atoms with Crippen LogP contribution in [0, 0.1) is 6.92 Å². The predicted molar refractivity (Wildman–Crippen MR) is 84.2 cm³/mol. The van der Waals surface area contributed by atoms with Crippen LogP contribution in [0.4, 0.5) is 11.4 Å². The second-order valence-corrected chi connectivity index (χ2v) is 5.20. The number of anilines is 2. The first-order valence-corrected chi connectivity index (χ1v) is 6.82. The molecule has 4 nitrogen and oxygen atoms in total. The highest BCUT2D eigenvalue weighted by Gasteiger charge is 2.14. The lowest BCUT2D eigenvalue weighted by molar-refractivity contribution is 0.102. The van der Waals surface area contributed by atoms with Gasteiger partial charge >= 0.3 is 0 Å². The van der Waals surface area contributed by atoms with Gasteiger partial charge in [-0.15, -0.1) is 0 Å². The molecule has 3 N–H and O–H groups in total. The fourth-order valence-electron chi connectivity index (χ4n) is 1.94. The molecular weight excluding hydrogens is 320 g/mol. The molecule has 0 heterocycles. The minimum Gasteiger partial charge on any atom is -0.496 e. The van der Waals surface area contributed by atoms with Crippen LogP contribution in [0.3, 0.4) is 0 Å². The third-order valence-corrected chi connectivity index (χ3v) is 3.53. The summed E-state index contributed by atoms with van der Waals surface area (Å²) in [7, 11) is 1.54. The smallest absolute Gasteiger partial charge is 0.259 e. The number of amides is 1. The Kier molecular flexibility index (Phi) is 4.29. The second-order valence-electron chi connectivity index (χ2n) is 4.35. The van der Waals surface area contributed by atoms with Crippen LogP contribution in [0.15, 0.2) is 40.9 Å². The number of rotatable bonds is 3. The van der Waals surface area contributed by atoms with Crippen molar-refractivity contribution in [3.8, 4) is 5.75 Å². The van der Waals surface area contributed by atoms with Crippen LogP contribution in [0.2, 0.25) is 0 Å². The van der Waals surface area contributed by atoms with Crippen LogP contribution >= 0.6 is 15.9 Å². The number of nitrogens with two attached hydrogens (primary N) is 1. The van der Waals surface area contributed by atoms with Crippen molar-refractivity contribution in [1.29, 1.82) is 0 Å². The largest absolute Gasteiger partial charge is 0.496 e. The summed E-state index contributed by atoms with van der Waals surface area (Å²) in [5, 5.41) is 2.88. The Labute approximate surface area is 126 Å². The van der Waals surface area contributed by atoms with Crippen molar-refractivity contribution in [3.63, 3.8) is 0 Å². The molecule has 2 aromatic carbocycles. The maximum Gasteiger partial charge on any atom is 0.259 e. The van der Waals surface area contributed by atoms with Gasteiger partial charge in [0, 0.05) is 10.2 Å². The molecule has 0 aromatic heterocycles. The molecule has 1 amide bonds. The number of para-hydroxylation sites is 1. The molecule has 2 aromatic rings. The van der Waals surface area contributed by atoms with Gasteiger partial charge in [0.1, 0.15) is 5.75 Å². The van der Waals surface area contributed by atoms with Gasteiger partial charge in [-0.1, -0.05) is 12.1 Å². The number of methoxy groups -OCH3 is 1. The van der Waals surface area contributed by atoms with Gasteiger partial charge in [0.05, 0.1) is 18.4 Å². The lowest BCUT2D eigenvalue weighted by atomic mass is 10.1. The zero-order chi connectivity index (χ0) is 14.7. The standard InChI is InChI=1S/C15H15BrN2O2/c1-9-7-10(17)8-12(16)14(9)18-15(19)11-5-3-4-6-13(11)20-2/h3-8H,17H2,1-2H3,(H,18,19). The number of carbonyl (C=O) groups excluding carboxylic acids is 1. The summed E-state index contributed by atoms with van der Waals surface area (Å²) in [5.74, 6) is 0.310. The minimum absolute atomic E-state index is 0.226. The van der Waals surface area contributed by atoms with E-state index in [2.05, 4.69) is 21.2 Å². The molecular formula is C15H15BrN2O2. The summed E-state index contributed by atoms with van der Waals surface area (Å²) < 4.78 is 5.94. The maximum absolute atomic E-state index is 12.3. The van der Waals surface area contributed by atoms with Gasteiger partial charge in [0.2, 0.25) is 0 Å². The Morgan fingerprint density at radius 2 is 2.00 bits per heavy atom. The first kappa shape index (κ1) is 14.4. The number of halogens is 1. The first-order chi connectivity index (χ1) is 9.52. The summed E-state index contributed by atoms with van der Waals surface area (Å²) in [5.41, 5.74) is 8.47. The summed E-state index contributed by atoms with van der Waals surface area (Å²) >= 11 is 3.41. The van der Waals surface area contributed by atoms with Gasteiger partial charge < -0.3 is 15.8 Å².